The van der Waals surface area contributed by atoms with E-state index in [0.29, 0.717) is 0 Å². The van der Waals surface area contributed by atoms with Crippen LogP contribution in [0.5, 0.6) is 0 Å². The summed E-state index contributed by atoms with van der Waals surface area (Å²) in [6.07, 6.45) is 20.0. The predicted octanol–water partition coefficient (Wildman–Crippen LogP) is 5.53. The second-order valence-corrected chi connectivity index (χ2v) is 6.21. The maximum Gasteiger partial charge on any atom is -0.0230 e. The Kier molecular flexibility index (Phi) is 5.28. The molecule has 0 heterocycles. The van der Waals surface area contributed by atoms with Crippen LogP contribution in [0.1, 0.15) is 51.4 Å². The minimum absolute atomic E-state index is 0.813. The van der Waals surface area contributed by atoms with Crippen LogP contribution in [0.15, 0.2) is 37.5 Å². The molecule has 0 unspecified atom stereocenters. The van der Waals surface area contributed by atoms with E-state index in [1.165, 1.54) is 51.4 Å². The summed E-state index contributed by atoms with van der Waals surface area (Å²) in [6, 6.07) is 0. The molecule has 2 rings (SSSR count). The van der Waals surface area contributed by atoms with Crippen molar-refractivity contribution in [1.29, 1.82) is 0 Å². The van der Waals surface area contributed by atoms with Crippen molar-refractivity contribution >= 4 is 0 Å². The fourth-order valence-corrected chi connectivity index (χ4v) is 3.90. The number of allylic oxidation sites excluding steroid dienone is 4. The van der Waals surface area contributed by atoms with Crippen LogP contribution in [0.4, 0.5) is 0 Å². The molecule has 2 aliphatic rings. The zero-order chi connectivity index (χ0) is 12.8. The van der Waals surface area contributed by atoms with Gasteiger partial charge >= 0.3 is 0 Å². The van der Waals surface area contributed by atoms with Gasteiger partial charge in [-0.1, -0.05) is 30.9 Å². The molecule has 0 nitrogen and oxygen atoms in total. The van der Waals surface area contributed by atoms with Gasteiger partial charge in [0, 0.05) is 0 Å². The third-order valence-corrected chi connectivity index (χ3v) is 5.15. The van der Waals surface area contributed by atoms with E-state index < -0.39 is 0 Å². The predicted molar refractivity (Wildman–Crippen MR) is 80.4 cm³/mol. The van der Waals surface area contributed by atoms with E-state index in [-0.39, 0.29) is 0 Å². The normalized spacial score (nSPS) is 37.6. The van der Waals surface area contributed by atoms with Gasteiger partial charge in [-0.25, -0.2) is 0 Å². The van der Waals surface area contributed by atoms with Crippen LogP contribution in [0.2, 0.25) is 0 Å². The van der Waals surface area contributed by atoms with E-state index in [9.17, 15) is 0 Å². The van der Waals surface area contributed by atoms with E-state index in [2.05, 4.69) is 31.4 Å². The molecule has 0 aromatic rings. The molecule has 0 atom stereocenters. The van der Waals surface area contributed by atoms with Crippen LogP contribution in [0.3, 0.4) is 0 Å². The Morgan fingerprint density at radius 3 is 1.61 bits per heavy atom. The molecular weight excluding hydrogens is 216 g/mol. The first-order valence-corrected chi connectivity index (χ1v) is 7.75. The third-order valence-electron chi connectivity index (χ3n) is 5.15. The average molecular weight is 244 g/mol. The molecule has 0 amide bonds. The Morgan fingerprint density at radius 1 is 0.667 bits per heavy atom. The molecule has 0 N–H and O–H groups in total. The summed E-state index contributed by atoms with van der Waals surface area (Å²) in [7, 11) is 0. The van der Waals surface area contributed by atoms with Crippen molar-refractivity contribution in [3.05, 3.63) is 37.5 Å². The lowest BCUT2D eigenvalue weighted by Crippen LogP contribution is -2.25. The zero-order valence-electron chi connectivity index (χ0n) is 11.7. The van der Waals surface area contributed by atoms with E-state index in [1.807, 2.05) is 6.08 Å². The standard InChI is InChI=1S/C18H28/c1-3-5-6-16-9-13-18(14-10-16)17-11-7-15(4-2)8-12-17/h3-6,15-18H,1-2,7-14H2/b6-5+. The molecule has 0 spiro atoms. The van der Waals surface area contributed by atoms with Gasteiger partial charge in [0.15, 0.2) is 0 Å². The highest BCUT2D eigenvalue weighted by Crippen LogP contribution is 2.41. The van der Waals surface area contributed by atoms with Gasteiger partial charge in [0.1, 0.15) is 0 Å². The Hall–Kier alpha value is -0.780. The van der Waals surface area contributed by atoms with Gasteiger partial charge in [-0.15, -0.1) is 6.58 Å². The van der Waals surface area contributed by atoms with Crippen LogP contribution in [0.25, 0.3) is 0 Å². The van der Waals surface area contributed by atoms with Crippen LogP contribution in [-0.4, -0.2) is 0 Å². The van der Waals surface area contributed by atoms with Gasteiger partial charge in [0.2, 0.25) is 0 Å². The summed E-state index contributed by atoms with van der Waals surface area (Å²) in [5, 5.41) is 0. The molecular formula is C18H28. The summed E-state index contributed by atoms with van der Waals surface area (Å²) in [4.78, 5) is 0. The third kappa shape index (κ3) is 3.60. The van der Waals surface area contributed by atoms with Crippen molar-refractivity contribution in [1.82, 2.24) is 0 Å². The van der Waals surface area contributed by atoms with Gasteiger partial charge in [-0.05, 0) is 75.0 Å². The number of hydrogen-bond acceptors (Lipinski definition) is 0. The highest BCUT2D eigenvalue weighted by Gasteiger charge is 2.29. The SMILES string of the molecule is C=C/C=C/C1CCC(C2CCC(C=C)CC2)CC1. The lowest BCUT2D eigenvalue weighted by molar-refractivity contribution is 0.166. The Morgan fingerprint density at radius 2 is 1.17 bits per heavy atom. The van der Waals surface area contributed by atoms with Gasteiger partial charge < -0.3 is 0 Å². The van der Waals surface area contributed by atoms with E-state index in [0.717, 1.165) is 23.7 Å². The first kappa shape index (κ1) is 13.6. The monoisotopic (exact) mass is 244 g/mol. The molecule has 0 aliphatic heterocycles. The Bertz CT molecular complexity index is 283. The van der Waals surface area contributed by atoms with E-state index >= 15 is 0 Å². The second kappa shape index (κ2) is 6.97. The first-order chi connectivity index (χ1) is 8.83. The first-order valence-electron chi connectivity index (χ1n) is 7.75. The minimum atomic E-state index is 0.813. The summed E-state index contributed by atoms with van der Waals surface area (Å²) in [6.45, 7) is 7.70. The summed E-state index contributed by atoms with van der Waals surface area (Å²) < 4.78 is 0. The van der Waals surface area contributed by atoms with Crippen molar-refractivity contribution in [3.8, 4) is 0 Å². The Balaban J connectivity index is 1.74. The number of hydrogen-bond donors (Lipinski definition) is 0. The molecule has 2 fully saturated rings. The molecule has 100 valence electrons. The van der Waals surface area contributed by atoms with Crippen molar-refractivity contribution in [2.45, 2.75) is 51.4 Å². The lowest BCUT2D eigenvalue weighted by atomic mass is 9.69. The smallest absolute Gasteiger partial charge is 0.0230 e. The summed E-state index contributed by atoms with van der Waals surface area (Å²) >= 11 is 0. The molecule has 0 bridgehead atoms. The molecule has 2 aliphatic carbocycles. The maximum absolute atomic E-state index is 3.94. The van der Waals surface area contributed by atoms with Gasteiger partial charge in [-0.3, -0.25) is 0 Å². The van der Waals surface area contributed by atoms with Crippen LogP contribution in [0, 0.1) is 23.7 Å². The van der Waals surface area contributed by atoms with Crippen LogP contribution < -0.4 is 0 Å². The number of rotatable bonds is 4. The fraction of sp³-hybridized carbons (Fsp3) is 0.667. The van der Waals surface area contributed by atoms with Crippen molar-refractivity contribution in [2.75, 3.05) is 0 Å². The molecule has 0 aromatic carbocycles. The van der Waals surface area contributed by atoms with E-state index in [1.54, 1.807) is 0 Å². The van der Waals surface area contributed by atoms with Gasteiger partial charge in [-0.2, -0.15) is 0 Å². The van der Waals surface area contributed by atoms with Crippen molar-refractivity contribution < 1.29 is 0 Å². The summed E-state index contributed by atoms with van der Waals surface area (Å²) in [5.41, 5.74) is 0. The highest BCUT2D eigenvalue weighted by molar-refractivity contribution is 5.01. The molecule has 0 radical (unpaired) electrons. The van der Waals surface area contributed by atoms with Crippen molar-refractivity contribution in [3.63, 3.8) is 0 Å². The summed E-state index contributed by atoms with van der Waals surface area (Å²) in [5.74, 6) is 3.67. The van der Waals surface area contributed by atoms with Gasteiger partial charge in [0.25, 0.3) is 0 Å². The maximum atomic E-state index is 3.94. The highest BCUT2D eigenvalue weighted by atomic mass is 14.3. The topological polar surface area (TPSA) is 0 Å². The molecule has 0 saturated heterocycles. The van der Waals surface area contributed by atoms with E-state index in [4.69, 9.17) is 0 Å². The van der Waals surface area contributed by atoms with Gasteiger partial charge in [0.05, 0.1) is 0 Å². The molecule has 0 aromatic heterocycles. The molecule has 2 saturated carbocycles. The average Bonchev–Trinajstić information content (AvgIpc) is 2.46. The molecule has 18 heavy (non-hydrogen) atoms. The molecule has 0 heteroatoms. The zero-order valence-corrected chi connectivity index (χ0v) is 11.7. The quantitative estimate of drug-likeness (QED) is 0.451. The van der Waals surface area contributed by atoms with Crippen molar-refractivity contribution in [2.24, 2.45) is 23.7 Å². The Labute approximate surface area is 113 Å². The van der Waals surface area contributed by atoms with Crippen LogP contribution in [-0.2, 0) is 0 Å². The lowest BCUT2D eigenvalue weighted by Gasteiger charge is -2.36. The van der Waals surface area contributed by atoms with Crippen LogP contribution >= 0.6 is 0 Å². The second-order valence-electron chi connectivity index (χ2n) is 6.21. The minimum Gasteiger partial charge on any atom is -0.103 e. The largest absolute Gasteiger partial charge is 0.103 e. The fourth-order valence-electron chi connectivity index (χ4n) is 3.90.